The molecule has 4 heteroatoms. The van der Waals surface area contributed by atoms with Crippen molar-refractivity contribution in [2.45, 2.75) is 20.3 Å². The Hall–Kier alpha value is -3.40. The van der Waals surface area contributed by atoms with Crippen LogP contribution in [0, 0.1) is 6.92 Å². The number of hydrogen-bond donors (Lipinski definition) is 1. The van der Waals surface area contributed by atoms with E-state index in [0.717, 1.165) is 12.0 Å². The monoisotopic (exact) mass is 373 g/mol. The molecule has 4 nitrogen and oxygen atoms in total. The second kappa shape index (κ2) is 9.00. The molecular weight excluding hydrogens is 350 g/mol. The maximum absolute atomic E-state index is 12.2. The topological polar surface area (TPSA) is 55.4 Å². The normalized spacial score (nSPS) is 10.4. The Morgan fingerprint density at radius 3 is 2.04 bits per heavy atom. The summed E-state index contributed by atoms with van der Waals surface area (Å²) in [7, 11) is 0. The van der Waals surface area contributed by atoms with E-state index in [-0.39, 0.29) is 18.3 Å². The average Bonchev–Trinajstić information content (AvgIpc) is 2.73. The highest BCUT2D eigenvalue weighted by Crippen LogP contribution is 2.17. The summed E-state index contributed by atoms with van der Waals surface area (Å²) in [4.78, 5) is 24.5. The lowest BCUT2D eigenvalue weighted by Crippen LogP contribution is -2.12. The first-order valence-electron chi connectivity index (χ1n) is 9.28. The van der Waals surface area contributed by atoms with E-state index in [4.69, 9.17) is 4.74 Å². The predicted molar refractivity (Wildman–Crippen MR) is 111 cm³/mol. The molecule has 0 aliphatic heterocycles. The summed E-state index contributed by atoms with van der Waals surface area (Å²) in [6, 6.07) is 21.9. The molecule has 0 saturated carbocycles. The van der Waals surface area contributed by atoms with Crippen LogP contribution in [0.1, 0.15) is 38.8 Å². The minimum Gasteiger partial charge on any atom is -0.485 e. The van der Waals surface area contributed by atoms with Crippen molar-refractivity contribution in [1.82, 2.24) is 0 Å². The minimum absolute atomic E-state index is 0.0272. The van der Waals surface area contributed by atoms with Gasteiger partial charge in [-0.15, -0.1) is 0 Å². The van der Waals surface area contributed by atoms with Crippen molar-refractivity contribution in [3.05, 3.63) is 95.1 Å². The molecule has 0 spiro atoms. The molecule has 1 amide bonds. The molecule has 0 saturated heterocycles. The average molecular weight is 373 g/mol. The van der Waals surface area contributed by atoms with Crippen LogP contribution in [0.5, 0.6) is 5.75 Å². The molecule has 0 aliphatic carbocycles. The zero-order valence-electron chi connectivity index (χ0n) is 16.1. The number of carbonyl (C=O) groups excluding carboxylic acids is 2. The lowest BCUT2D eigenvalue weighted by atomic mass is 10.1. The Bertz CT molecular complexity index is 943. The fourth-order valence-electron chi connectivity index (χ4n) is 2.70. The van der Waals surface area contributed by atoms with Gasteiger partial charge in [-0.1, -0.05) is 48.9 Å². The number of anilines is 1. The van der Waals surface area contributed by atoms with Crippen molar-refractivity contribution in [3.8, 4) is 5.75 Å². The first kappa shape index (κ1) is 19.4. The van der Waals surface area contributed by atoms with Crippen LogP contribution in [-0.4, -0.2) is 18.3 Å². The third kappa shape index (κ3) is 5.07. The van der Waals surface area contributed by atoms with E-state index in [1.54, 1.807) is 36.4 Å². The minimum atomic E-state index is -0.167. The summed E-state index contributed by atoms with van der Waals surface area (Å²) in [5.74, 6) is 0.339. The SMILES string of the molecule is CCc1ccc(C(=O)COc2ccc(NC(=O)c3ccc(C)cc3)cc2)cc1. The maximum Gasteiger partial charge on any atom is 0.255 e. The highest BCUT2D eigenvalue weighted by molar-refractivity contribution is 6.04. The smallest absolute Gasteiger partial charge is 0.255 e. The van der Waals surface area contributed by atoms with Gasteiger partial charge in [-0.3, -0.25) is 9.59 Å². The predicted octanol–water partition coefficient (Wildman–Crippen LogP) is 5.07. The number of amides is 1. The van der Waals surface area contributed by atoms with Gasteiger partial charge in [-0.05, 0) is 55.3 Å². The van der Waals surface area contributed by atoms with E-state index in [0.29, 0.717) is 22.6 Å². The van der Waals surface area contributed by atoms with Gasteiger partial charge in [-0.2, -0.15) is 0 Å². The second-order valence-corrected chi connectivity index (χ2v) is 6.61. The van der Waals surface area contributed by atoms with Gasteiger partial charge in [0.05, 0.1) is 0 Å². The molecule has 0 heterocycles. The molecular formula is C24H23NO3. The van der Waals surface area contributed by atoms with Crippen molar-refractivity contribution in [3.63, 3.8) is 0 Å². The lowest BCUT2D eigenvalue weighted by molar-refractivity contribution is 0.0921. The van der Waals surface area contributed by atoms with Crippen LogP contribution >= 0.6 is 0 Å². The fraction of sp³-hybridized carbons (Fsp3) is 0.167. The molecule has 1 N–H and O–H groups in total. The third-order valence-corrected chi connectivity index (χ3v) is 4.48. The Labute approximate surface area is 165 Å². The van der Waals surface area contributed by atoms with Crippen LogP contribution in [0.25, 0.3) is 0 Å². The van der Waals surface area contributed by atoms with Gasteiger partial charge in [0, 0.05) is 16.8 Å². The first-order chi connectivity index (χ1) is 13.5. The molecule has 142 valence electrons. The maximum atomic E-state index is 12.2. The molecule has 28 heavy (non-hydrogen) atoms. The summed E-state index contributed by atoms with van der Waals surface area (Å²) in [6.45, 7) is 4.03. The summed E-state index contributed by atoms with van der Waals surface area (Å²) in [6.07, 6.45) is 0.942. The number of rotatable bonds is 7. The largest absolute Gasteiger partial charge is 0.485 e. The van der Waals surface area contributed by atoms with Gasteiger partial charge >= 0.3 is 0 Å². The summed E-state index contributed by atoms with van der Waals surface area (Å²) in [5, 5.41) is 2.84. The number of nitrogens with one attached hydrogen (secondary N) is 1. The van der Waals surface area contributed by atoms with Gasteiger partial charge in [0.25, 0.3) is 5.91 Å². The Morgan fingerprint density at radius 2 is 1.43 bits per heavy atom. The van der Waals surface area contributed by atoms with Gasteiger partial charge in [0.2, 0.25) is 0 Å². The van der Waals surface area contributed by atoms with Crippen LogP contribution < -0.4 is 10.1 Å². The molecule has 0 aliphatic rings. The molecule has 3 aromatic rings. The molecule has 0 fully saturated rings. The molecule has 0 radical (unpaired) electrons. The molecule has 0 unspecified atom stereocenters. The molecule has 0 atom stereocenters. The number of hydrogen-bond acceptors (Lipinski definition) is 3. The van der Waals surface area contributed by atoms with Crippen LogP contribution in [0.15, 0.2) is 72.8 Å². The number of Topliss-reactive ketones (excluding diaryl/α,β-unsaturated/α-hetero) is 1. The van der Waals surface area contributed by atoms with Crippen molar-refractivity contribution in [2.75, 3.05) is 11.9 Å². The number of benzene rings is 3. The number of carbonyl (C=O) groups is 2. The summed E-state index contributed by atoms with van der Waals surface area (Å²) < 4.78 is 5.57. The van der Waals surface area contributed by atoms with Crippen LogP contribution in [0.4, 0.5) is 5.69 Å². The van der Waals surface area contributed by atoms with E-state index in [2.05, 4.69) is 12.2 Å². The van der Waals surface area contributed by atoms with Crippen LogP contribution in [0.3, 0.4) is 0 Å². The van der Waals surface area contributed by atoms with E-state index in [9.17, 15) is 9.59 Å². The van der Waals surface area contributed by atoms with Gasteiger partial charge in [-0.25, -0.2) is 0 Å². The van der Waals surface area contributed by atoms with Crippen molar-refractivity contribution in [2.24, 2.45) is 0 Å². The van der Waals surface area contributed by atoms with E-state index in [1.165, 1.54) is 5.56 Å². The highest BCUT2D eigenvalue weighted by atomic mass is 16.5. The zero-order chi connectivity index (χ0) is 19.9. The first-order valence-corrected chi connectivity index (χ1v) is 9.28. The van der Waals surface area contributed by atoms with Crippen molar-refractivity contribution in [1.29, 1.82) is 0 Å². The van der Waals surface area contributed by atoms with Gasteiger partial charge in [0.1, 0.15) is 5.75 Å². The standard InChI is InChI=1S/C24H23NO3/c1-3-18-6-10-19(11-7-18)23(26)16-28-22-14-12-21(13-15-22)25-24(27)20-8-4-17(2)5-9-20/h4-15H,3,16H2,1-2H3,(H,25,27). The summed E-state index contributed by atoms with van der Waals surface area (Å²) >= 11 is 0. The zero-order valence-corrected chi connectivity index (χ0v) is 16.1. The Balaban J connectivity index is 1.54. The van der Waals surface area contributed by atoms with Crippen molar-refractivity contribution >= 4 is 17.4 Å². The number of ketones is 1. The van der Waals surface area contributed by atoms with Crippen LogP contribution in [0.2, 0.25) is 0 Å². The number of aryl methyl sites for hydroxylation is 2. The molecule has 3 aromatic carbocycles. The van der Waals surface area contributed by atoms with E-state index < -0.39 is 0 Å². The van der Waals surface area contributed by atoms with Crippen LogP contribution in [-0.2, 0) is 6.42 Å². The third-order valence-electron chi connectivity index (χ3n) is 4.48. The number of ether oxygens (including phenoxy) is 1. The summed E-state index contributed by atoms with van der Waals surface area (Å²) in [5.41, 5.74) is 4.21. The van der Waals surface area contributed by atoms with E-state index in [1.807, 2.05) is 43.3 Å². The molecule has 3 rings (SSSR count). The van der Waals surface area contributed by atoms with Gasteiger partial charge < -0.3 is 10.1 Å². The second-order valence-electron chi connectivity index (χ2n) is 6.61. The van der Waals surface area contributed by atoms with Gasteiger partial charge in [0.15, 0.2) is 12.4 Å². The molecule has 0 aromatic heterocycles. The highest BCUT2D eigenvalue weighted by Gasteiger charge is 2.08. The quantitative estimate of drug-likeness (QED) is 0.588. The lowest BCUT2D eigenvalue weighted by Gasteiger charge is -2.09. The fourth-order valence-corrected chi connectivity index (χ4v) is 2.70. The Kier molecular flexibility index (Phi) is 6.22. The molecule has 0 bridgehead atoms. The van der Waals surface area contributed by atoms with E-state index >= 15 is 0 Å². The van der Waals surface area contributed by atoms with Crippen molar-refractivity contribution < 1.29 is 14.3 Å². The Morgan fingerprint density at radius 1 is 0.821 bits per heavy atom.